The Bertz CT molecular complexity index is 390. The molecule has 0 atom stereocenters. The monoisotopic (exact) mass is 162 g/mol. The van der Waals surface area contributed by atoms with Crippen molar-refractivity contribution in [3.05, 3.63) is 34.2 Å². The number of fused-ring (bicyclic) bond motifs is 1. The third kappa shape index (κ3) is 1.15. The molecule has 0 nitrogen and oxygen atoms in total. The van der Waals surface area contributed by atoms with Crippen molar-refractivity contribution in [1.82, 2.24) is 0 Å². The van der Waals surface area contributed by atoms with Crippen LogP contribution in [0.15, 0.2) is 18.2 Å². The molecule has 0 aliphatic heterocycles. The minimum atomic E-state index is -0.354. The molecule has 0 aromatic heterocycles. The molecule has 1 aliphatic rings. The Balaban J connectivity index is 2.77. The van der Waals surface area contributed by atoms with E-state index in [9.17, 15) is 4.39 Å². The molecule has 2 rings (SSSR count). The average Bonchev–Trinajstić information content (AvgIpc) is 2.17. The van der Waals surface area contributed by atoms with Gasteiger partial charge in [-0.15, -0.1) is 0 Å². The van der Waals surface area contributed by atoms with E-state index in [2.05, 4.69) is 12.2 Å². The van der Waals surface area contributed by atoms with Crippen molar-refractivity contribution in [3.8, 4) is 0 Å². The maximum absolute atomic E-state index is 12.5. The Morgan fingerprint density at radius 1 is 1.17 bits per heavy atom. The lowest BCUT2D eigenvalue weighted by Crippen LogP contribution is -2.29. The second-order valence-electron chi connectivity index (χ2n) is 3.04. The fourth-order valence-electron chi connectivity index (χ4n) is 1.64. The zero-order valence-electron chi connectivity index (χ0n) is 6.89. The Hall–Kier alpha value is -1.11. The topological polar surface area (TPSA) is 0 Å². The first-order valence-electron chi connectivity index (χ1n) is 4.26. The molecule has 0 fully saturated rings. The molecule has 1 aromatic rings. The molecule has 0 saturated heterocycles. The van der Waals surface area contributed by atoms with Gasteiger partial charge in [0.2, 0.25) is 0 Å². The first-order chi connectivity index (χ1) is 5.92. The van der Waals surface area contributed by atoms with Gasteiger partial charge in [0, 0.05) is 0 Å². The summed E-state index contributed by atoms with van der Waals surface area (Å²) >= 11 is 0. The number of halogens is 1. The molecule has 1 aliphatic carbocycles. The van der Waals surface area contributed by atoms with Crippen molar-refractivity contribution >= 4 is 12.2 Å². The molecule has 0 radical (unpaired) electrons. The lowest BCUT2D eigenvalue weighted by Gasteiger charge is -2.02. The Kier molecular flexibility index (Phi) is 1.94. The molecule has 0 N–H and O–H groups in total. The molecule has 0 unspecified atom stereocenters. The number of hydrogen-bond donors (Lipinski definition) is 0. The maximum Gasteiger partial charge on any atom is 0.115 e. The van der Waals surface area contributed by atoms with Gasteiger partial charge in [-0.1, -0.05) is 30.4 Å². The van der Waals surface area contributed by atoms with Gasteiger partial charge in [0.25, 0.3) is 0 Å². The van der Waals surface area contributed by atoms with Gasteiger partial charge in [-0.25, -0.2) is 4.39 Å². The molecule has 0 amide bonds. The molecule has 1 heteroatoms. The predicted molar refractivity (Wildman–Crippen MR) is 48.7 cm³/mol. The molecule has 0 spiro atoms. The Morgan fingerprint density at radius 2 is 2.00 bits per heavy atom. The van der Waals surface area contributed by atoms with Crippen molar-refractivity contribution in [3.63, 3.8) is 0 Å². The van der Waals surface area contributed by atoms with Gasteiger partial charge in [-0.3, -0.25) is 0 Å². The fourth-order valence-corrected chi connectivity index (χ4v) is 1.64. The Labute approximate surface area is 71.0 Å². The second kappa shape index (κ2) is 3.10. The SMILES string of the molecule is FCc1cccc2c1=CCCC=2. The molecule has 62 valence electrons. The van der Waals surface area contributed by atoms with Gasteiger partial charge >= 0.3 is 0 Å². The summed E-state index contributed by atoms with van der Waals surface area (Å²) in [5.74, 6) is 0. The van der Waals surface area contributed by atoms with Crippen LogP contribution in [0.4, 0.5) is 4.39 Å². The van der Waals surface area contributed by atoms with E-state index in [0.717, 1.165) is 23.6 Å². The van der Waals surface area contributed by atoms with Crippen molar-refractivity contribution in [2.45, 2.75) is 19.5 Å². The summed E-state index contributed by atoms with van der Waals surface area (Å²) in [6.07, 6.45) is 6.44. The highest BCUT2D eigenvalue weighted by molar-refractivity contribution is 5.40. The number of hydrogen-bond acceptors (Lipinski definition) is 0. The van der Waals surface area contributed by atoms with E-state index < -0.39 is 0 Å². The first-order valence-corrected chi connectivity index (χ1v) is 4.26. The number of benzene rings is 1. The summed E-state index contributed by atoms with van der Waals surface area (Å²) < 4.78 is 12.5. The normalized spacial score (nSPS) is 14.4. The van der Waals surface area contributed by atoms with Crippen LogP contribution in [0.2, 0.25) is 0 Å². The zero-order valence-corrected chi connectivity index (χ0v) is 6.89. The van der Waals surface area contributed by atoms with Crippen molar-refractivity contribution in [2.75, 3.05) is 0 Å². The van der Waals surface area contributed by atoms with Crippen molar-refractivity contribution in [2.24, 2.45) is 0 Å². The highest BCUT2D eigenvalue weighted by atomic mass is 19.1. The second-order valence-corrected chi connectivity index (χ2v) is 3.04. The van der Waals surface area contributed by atoms with E-state index in [4.69, 9.17) is 0 Å². The minimum Gasteiger partial charge on any atom is -0.246 e. The third-order valence-corrected chi connectivity index (χ3v) is 2.25. The standard InChI is InChI=1S/C11H11F/c12-8-10-6-3-5-9-4-1-2-7-11(9)10/h3-7H,1-2,8H2. The van der Waals surface area contributed by atoms with Crippen LogP contribution in [0.3, 0.4) is 0 Å². The van der Waals surface area contributed by atoms with E-state index in [1.807, 2.05) is 18.2 Å². The first kappa shape index (κ1) is 7.53. The quantitative estimate of drug-likeness (QED) is 0.587. The maximum atomic E-state index is 12.5. The molecular formula is C11H11F. The lowest BCUT2D eigenvalue weighted by molar-refractivity contribution is 0.483. The van der Waals surface area contributed by atoms with Crippen LogP contribution in [-0.2, 0) is 6.67 Å². The van der Waals surface area contributed by atoms with Crippen LogP contribution in [-0.4, -0.2) is 0 Å². The van der Waals surface area contributed by atoms with Gasteiger partial charge in [-0.2, -0.15) is 0 Å². The molecule has 0 heterocycles. The van der Waals surface area contributed by atoms with Crippen molar-refractivity contribution in [1.29, 1.82) is 0 Å². The van der Waals surface area contributed by atoms with Crippen LogP contribution >= 0.6 is 0 Å². The van der Waals surface area contributed by atoms with Gasteiger partial charge in [0.15, 0.2) is 0 Å². The number of rotatable bonds is 1. The van der Waals surface area contributed by atoms with Crippen LogP contribution in [0.1, 0.15) is 18.4 Å². The molecular weight excluding hydrogens is 151 g/mol. The van der Waals surface area contributed by atoms with E-state index in [1.54, 1.807) is 0 Å². The summed E-state index contributed by atoms with van der Waals surface area (Å²) in [5.41, 5.74) is 0.823. The smallest absolute Gasteiger partial charge is 0.115 e. The fraction of sp³-hybridized carbons (Fsp3) is 0.273. The predicted octanol–water partition coefficient (Wildman–Crippen LogP) is 1.51. The molecule has 0 bridgehead atoms. The van der Waals surface area contributed by atoms with Gasteiger partial charge < -0.3 is 0 Å². The minimum absolute atomic E-state index is 0.354. The molecule has 12 heavy (non-hydrogen) atoms. The van der Waals surface area contributed by atoms with Crippen LogP contribution in [0, 0.1) is 0 Å². The van der Waals surface area contributed by atoms with Gasteiger partial charge in [-0.05, 0) is 28.8 Å². The van der Waals surface area contributed by atoms with E-state index in [-0.39, 0.29) is 6.67 Å². The van der Waals surface area contributed by atoms with E-state index in [1.165, 1.54) is 5.22 Å². The average molecular weight is 162 g/mol. The van der Waals surface area contributed by atoms with Crippen molar-refractivity contribution < 1.29 is 4.39 Å². The van der Waals surface area contributed by atoms with E-state index in [0.29, 0.717) is 0 Å². The summed E-state index contributed by atoms with van der Waals surface area (Å²) in [7, 11) is 0. The number of alkyl halides is 1. The molecule has 0 saturated carbocycles. The van der Waals surface area contributed by atoms with E-state index >= 15 is 0 Å². The molecule has 1 aromatic carbocycles. The summed E-state index contributed by atoms with van der Waals surface area (Å²) in [5, 5.41) is 2.29. The van der Waals surface area contributed by atoms with Gasteiger partial charge in [0.05, 0.1) is 0 Å². The summed E-state index contributed by atoms with van der Waals surface area (Å²) in [4.78, 5) is 0. The Morgan fingerprint density at radius 3 is 2.83 bits per heavy atom. The zero-order chi connectivity index (χ0) is 8.39. The third-order valence-electron chi connectivity index (χ3n) is 2.25. The van der Waals surface area contributed by atoms with Crippen LogP contribution < -0.4 is 10.4 Å². The van der Waals surface area contributed by atoms with Crippen LogP contribution in [0.25, 0.3) is 12.2 Å². The highest BCUT2D eigenvalue weighted by Gasteiger charge is 1.98. The summed E-state index contributed by atoms with van der Waals surface area (Å²) in [6.45, 7) is -0.354. The highest BCUT2D eigenvalue weighted by Crippen LogP contribution is 1.98. The van der Waals surface area contributed by atoms with Gasteiger partial charge in [0.1, 0.15) is 6.67 Å². The largest absolute Gasteiger partial charge is 0.246 e. The summed E-state index contributed by atoms with van der Waals surface area (Å²) in [6, 6.07) is 5.82. The lowest BCUT2D eigenvalue weighted by atomic mass is 10.0. The van der Waals surface area contributed by atoms with Crippen LogP contribution in [0.5, 0.6) is 0 Å².